The van der Waals surface area contributed by atoms with Crippen molar-refractivity contribution >= 4 is 17.5 Å². The van der Waals surface area contributed by atoms with Gasteiger partial charge in [0, 0.05) is 16.2 Å². The summed E-state index contributed by atoms with van der Waals surface area (Å²) in [6.45, 7) is 2.04. The normalized spacial score (nSPS) is 16.7. The Balaban J connectivity index is 2.18. The number of allylic oxidation sites excluding steroid dienone is 2. The van der Waals surface area contributed by atoms with Gasteiger partial charge in [0.05, 0.1) is 0 Å². The van der Waals surface area contributed by atoms with Gasteiger partial charge in [-0.15, -0.1) is 0 Å². The minimum absolute atomic E-state index is 0.0307. The molecule has 16 heavy (non-hydrogen) atoms. The topological polar surface area (TPSA) is 37.3 Å². The van der Waals surface area contributed by atoms with Crippen LogP contribution in [0, 0.1) is 6.92 Å². The highest BCUT2D eigenvalue weighted by atomic mass is 32.2. The first-order valence-electron chi connectivity index (χ1n) is 5.36. The van der Waals surface area contributed by atoms with Crippen LogP contribution in [-0.2, 0) is 4.79 Å². The molecule has 0 fully saturated rings. The number of hydrogen-bond acceptors (Lipinski definition) is 3. The van der Waals surface area contributed by atoms with E-state index in [1.807, 2.05) is 31.2 Å². The molecule has 0 saturated heterocycles. The summed E-state index contributed by atoms with van der Waals surface area (Å²) in [5.74, 6) is -0.155. The van der Waals surface area contributed by atoms with Crippen LogP contribution in [0.4, 0.5) is 0 Å². The van der Waals surface area contributed by atoms with Crippen molar-refractivity contribution in [2.45, 2.75) is 31.1 Å². The van der Waals surface area contributed by atoms with Gasteiger partial charge in [-0.1, -0.05) is 29.5 Å². The van der Waals surface area contributed by atoms with Crippen molar-refractivity contribution in [1.29, 1.82) is 0 Å². The second-order valence-electron chi connectivity index (χ2n) is 3.96. The van der Waals surface area contributed by atoms with E-state index in [1.165, 1.54) is 17.3 Å². The Hall–Kier alpha value is -1.22. The highest BCUT2D eigenvalue weighted by molar-refractivity contribution is 8.03. The lowest BCUT2D eigenvalue weighted by atomic mass is 10.1. The van der Waals surface area contributed by atoms with Crippen molar-refractivity contribution in [3.8, 4) is 0 Å². The molecule has 2 nitrogen and oxygen atoms in total. The lowest BCUT2D eigenvalue weighted by Crippen LogP contribution is -2.09. The summed E-state index contributed by atoms with van der Waals surface area (Å²) in [5.41, 5.74) is 1.21. The first-order valence-corrected chi connectivity index (χ1v) is 6.18. The van der Waals surface area contributed by atoms with Crippen molar-refractivity contribution in [3.05, 3.63) is 40.5 Å². The Kier molecular flexibility index (Phi) is 3.34. The van der Waals surface area contributed by atoms with Gasteiger partial charge < -0.3 is 5.11 Å². The first-order chi connectivity index (χ1) is 7.66. The molecule has 84 valence electrons. The van der Waals surface area contributed by atoms with Crippen LogP contribution in [0.2, 0.25) is 0 Å². The molecule has 0 spiro atoms. The molecule has 0 radical (unpaired) electrons. The quantitative estimate of drug-likeness (QED) is 0.849. The lowest BCUT2D eigenvalue weighted by Gasteiger charge is -2.14. The number of ketones is 1. The number of aliphatic hydroxyl groups is 1. The zero-order valence-electron chi connectivity index (χ0n) is 9.19. The Morgan fingerprint density at radius 1 is 1.19 bits per heavy atom. The van der Waals surface area contributed by atoms with E-state index in [2.05, 4.69) is 0 Å². The number of carbonyl (C=O) groups excluding carboxylic acids is 1. The molecule has 0 saturated carbocycles. The van der Waals surface area contributed by atoms with Gasteiger partial charge in [-0.25, -0.2) is 0 Å². The fourth-order valence-corrected chi connectivity index (χ4v) is 2.66. The minimum atomic E-state index is -0.124. The molecule has 1 aromatic rings. The maximum atomic E-state index is 11.3. The Morgan fingerprint density at radius 2 is 1.88 bits per heavy atom. The summed E-state index contributed by atoms with van der Waals surface area (Å²) < 4.78 is 0. The summed E-state index contributed by atoms with van der Waals surface area (Å²) in [6.07, 6.45) is 2.12. The van der Waals surface area contributed by atoms with E-state index in [4.69, 9.17) is 0 Å². The summed E-state index contributed by atoms with van der Waals surface area (Å²) in [6, 6.07) is 8.09. The number of aliphatic hydroxyl groups excluding tert-OH is 1. The maximum Gasteiger partial charge on any atom is 0.197 e. The van der Waals surface area contributed by atoms with Crippen LogP contribution < -0.4 is 0 Å². The third kappa shape index (κ3) is 2.47. The molecule has 0 amide bonds. The summed E-state index contributed by atoms with van der Waals surface area (Å²) >= 11 is 1.49. The van der Waals surface area contributed by atoms with E-state index in [-0.39, 0.29) is 11.5 Å². The molecule has 2 rings (SSSR count). The number of benzene rings is 1. The van der Waals surface area contributed by atoms with Crippen LogP contribution in [0.3, 0.4) is 0 Å². The van der Waals surface area contributed by atoms with Crippen molar-refractivity contribution in [2.75, 3.05) is 0 Å². The molecule has 0 aromatic heterocycles. The number of Topliss-reactive ketones (excluding diaryl/α,β-unsaturated/α-hetero) is 1. The number of aryl methyl sites for hydroxylation is 1. The predicted molar refractivity (Wildman–Crippen MR) is 65.5 cm³/mol. The van der Waals surface area contributed by atoms with Crippen molar-refractivity contribution in [2.24, 2.45) is 0 Å². The molecule has 1 aliphatic carbocycles. The van der Waals surface area contributed by atoms with E-state index in [0.717, 1.165) is 22.6 Å². The van der Waals surface area contributed by atoms with Crippen LogP contribution >= 0.6 is 11.8 Å². The minimum Gasteiger partial charge on any atom is -0.504 e. The van der Waals surface area contributed by atoms with Crippen LogP contribution in [-0.4, -0.2) is 10.9 Å². The summed E-state index contributed by atoms with van der Waals surface area (Å²) in [5, 5.41) is 9.66. The van der Waals surface area contributed by atoms with Crippen molar-refractivity contribution < 1.29 is 9.90 Å². The zero-order chi connectivity index (χ0) is 11.5. The number of rotatable bonds is 2. The molecular weight excluding hydrogens is 220 g/mol. The van der Waals surface area contributed by atoms with Gasteiger partial charge in [-0.05, 0) is 31.9 Å². The van der Waals surface area contributed by atoms with Gasteiger partial charge in [-0.3, -0.25) is 4.79 Å². The second kappa shape index (κ2) is 4.74. The van der Waals surface area contributed by atoms with Crippen LogP contribution in [0.15, 0.2) is 39.8 Å². The summed E-state index contributed by atoms with van der Waals surface area (Å²) in [4.78, 5) is 13.2. The number of hydrogen-bond donors (Lipinski definition) is 1. The van der Waals surface area contributed by atoms with Crippen molar-refractivity contribution in [1.82, 2.24) is 0 Å². The molecule has 0 heterocycles. The van der Waals surface area contributed by atoms with E-state index in [0.29, 0.717) is 6.42 Å². The van der Waals surface area contributed by atoms with E-state index >= 15 is 0 Å². The van der Waals surface area contributed by atoms with Crippen molar-refractivity contribution in [3.63, 3.8) is 0 Å². The second-order valence-corrected chi connectivity index (χ2v) is 5.13. The van der Waals surface area contributed by atoms with E-state index in [9.17, 15) is 9.90 Å². The van der Waals surface area contributed by atoms with Gasteiger partial charge >= 0.3 is 0 Å². The number of thioether (sulfide) groups is 1. The smallest absolute Gasteiger partial charge is 0.197 e. The molecular formula is C13H14O2S. The summed E-state index contributed by atoms with van der Waals surface area (Å²) in [7, 11) is 0. The molecule has 0 bridgehead atoms. The molecule has 1 aliphatic rings. The van der Waals surface area contributed by atoms with E-state index < -0.39 is 0 Å². The standard InChI is InChI=1S/C13H14O2S/c1-9-5-7-10(8-6-9)16-12-4-2-3-11(14)13(12)15/h5-8,15H,2-4H2,1H3. The van der Waals surface area contributed by atoms with Crippen LogP contribution in [0.25, 0.3) is 0 Å². The third-order valence-corrected chi connectivity index (χ3v) is 3.75. The number of carbonyl (C=O) groups is 1. The zero-order valence-corrected chi connectivity index (χ0v) is 10.0. The SMILES string of the molecule is Cc1ccc(SC2=C(O)C(=O)CCC2)cc1. The first kappa shape index (κ1) is 11.3. The van der Waals surface area contributed by atoms with Gasteiger partial charge in [0.2, 0.25) is 0 Å². The highest BCUT2D eigenvalue weighted by Crippen LogP contribution is 2.35. The van der Waals surface area contributed by atoms with Gasteiger partial charge in [0.15, 0.2) is 11.5 Å². The average Bonchev–Trinajstić information content (AvgIpc) is 2.28. The maximum absolute atomic E-state index is 11.3. The Labute approximate surface area is 99.4 Å². The monoisotopic (exact) mass is 234 g/mol. The highest BCUT2D eigenvalue weighted by Gasteiger charge is 2.20. The average molecular weight is 234 g/mol. The molecule has 1 N–H and O–H groups in total. The fourth-order valence-electron chi connectivity index (χ4n) is 1.65. The molecule has 0 aliphatic heterocycles. The van der Waals surface area contributed by atoms with Crippen LogP contribution in [0.1, 0.15) is 24.8 Å². The van der Waals surface area contributed by atoms with Gasteiger partial charge in [0.1, 0.15) is 0 Å². The Morgan fingerprint density at radius 3 is 2.56 bits per heavy atom. The Bertz CT molecular complexity index is 432. The molecule has 3 heteroatoms. The fraction of sp³-hybridized carbons (Fsp3) is 0.308. The third-order valence-electron chi connectivity index (χ3n) is 2.60. The van der Waals surface area contributed by atoms with Gasteiger partial charge in [0.25, 0.3) is 0 Å². The molecule has 0 atom stereocenters. The lowest BCUT2D eigenvalue weighted by molar-refractivity contribution is -0.118. The predicted octanol–water partition coefficient (Wildman–Crippen LogP) is 3.61. The molecule has 1 aromatic carbocycles. The van der Waals surface area contributed by atoms with Crippen LogP contribution in [0.5, 0.6) is 0 Å². The molecule has 0 unspecified atom stereocenters. The van der Waals surface area contributed by atoms with Gasteiger partial charge in [-0.2, -0.15) is 0 Å². The van der Waals surface area contributed by atoms with E-state index in [1.54, 1.807) is 0 Å². The largest absolute Gasteiger partial charge is 0.504 e.